The molecule has 2 fully saturated rings. The molecule has 1 heterocycles. The van der Waals surface area contributed by atoms with Gasteiger partial charge in [-0.1, -0.05) is 30.9 Å². The van der Waals surface area contributed by atoms with Gasteiger partial charge in [-0.2, -0.15) is 0 Å². The SMILES string of the molecule is C1=C(CCNCC2CCC3(CCCCC3)O2)CCCC1. The minimum absolute atomic E-state index is 0.288. The molecular formula is C18H31NO. The molecule has 2 nitrogen and oxygen atoms in total. The second-order valence-corrected chi connectivity index (χ2v) is 7.08. The maximum absolute atomic E-state index is 6.40. The van der Waals surface area contributed by atoms with Gasteiger partial charge in [0.05, 0.1) is 11.7 Å². The van der Waals surface area contributed by atoms with Crippen LogP contribution in [-0.4, -0.2) is 24.8 Å². The molecule has 1 spiro atoms. The molecule has 0 aromatic carbocycles. The summed E-state index contributed by atoms with van der Waals surface area (Å²) in [5.74, 6) is 0. The highest BCUT2D eigenvalue weighted by atomic mass is 16.5. The first-order chi connectivity index (χ1) is 9.86. The van der Waals surface area contributed by atoms with E-state index in [-0.39, 0.29) is 5.60 Å². The zero-order valence-electron chi connectivity index (χ0n) is 13.0. The molecule has 0 aromatic rings. The molecule has 3 rings (SSSR count). The molecule has 1 atom stereocenters. The van der Waals surface area contributed by atoms with Crippen molar-refractivity contribution in [3.05, 3.63) is 11.6 Å². The largest absolute Gasteiger partial charge is 0.370 e. The van der Waals surface area contributed by atoms with Gasteiger partial charge in [0.2, 0.25) is 0 Å². The van der Waals surface area contributed by atoms with Crippen molar-refractivity contribution in [2.75, 3.05) is 13.1 Å². The fourth-order valence-electron chi connectivity index (χ4n) is 4.25. The van der Waals surface area contributed by atoms with Crippen LogP contribution in [0, 0.1) is 0 Å². The third-order valence-electron chi connectivity index (χ3n) is 5.48. The molecule has 0 amide bonds. The molecule has 0 aromatic heterocycles. The van der Waals surface area contributed by atoms with Crippen molar-refractivity contribution in [2.24, 2.45) is 0 Å². The van der Waals surface area contributed by atoms with Gasteiger partial charge in [-0.05, 0) is 64.3 Å². The van der Waals surface area contributed by atoms with Crippen LogP contribution in [0.2, 0.25) is 0 Å². The summed E-state index contributed by atoms with van der Waals surface area (Å²) in [4.78, 5) is 0. The van der Waals surface area contributed by atoms with Crippen LogP contribution < -0.4 is 5.32 Å². The minimum Gasteiger partial charge on any atom is -0.370 e. The van der Waals surface area contributed by atoms with Crippen LogP contribution >= 0.6 is 0 Å². The van der Waals surface area contributed by atoms with E-state index in [4.69, 9.17) is 4.74 Å². The molecule has 1 aliphatic heterocycles. The molecule has 1 saturated heterocycles. The van der Waals surface area contributed by atoms with Gasteiger partial charge in [-0.3, -0.25) is 0 Å². The van der Waals surface area contributed by atoms with E-state index in [1.165, 1.54) is 77.0 Å². The second kappa shape index (κ2) is 7.09. The molecule has 1 unspecified atom stereocenters. The summed E-state index contributed by atoms with van der Waals surface area (Å²) in [6, 6.07) is 0. The summed E-state index contributed by atoms with van der Waals surface area (Å²) < 4.78 is 6.40. The van der Waals surface area contributed by atoms with Crippen LogP contribution in [0.4, 0.5) is 0 Å². The van der Waals surface area contributed by atoms with Gasteiger partial charge < -0.3 is 10.1 Å². The monoisotopic (exact) mass is 277 g/mol. The Morgan fingerprint density at radius 3 is 2.80 bits per heavy atom. The number of allylic oxidation sites excluding steroid dienone is 1. The quantitative estimate of drug-likeness (QED) is 0.596. The topological polar surface area (TPSA) is 21.3 Å². The maximum Gasteiger partial charge on any atom is 0.0708 e. The maximum atomic E-state index is 6.40. The molecule has 20 heavy (non-hydrogen) atoms. The van der Waals surface area contributed by atoms with Gasteiger partial charge in [-0.15, -0.1) is 0 Å². The van der Waals surface area contributed by atoms with Crippen LogP contribution in [0.15, 0.2) is 11.6 Å². The molecule has 3 aliphatic rings. The highest BCUT2D eigenvalue weighted by Gasteiger charge is 2.40. The second-order valence-electron chi connectivity index (χ2n) is 7.08. The van der Waals surface area contributed by atoms with Gasteiger partial charge in [0.1, 0.15) is 0 Å². The smallest absolute Gasteiger partial charge is 0.0708 e. The van der Waals surface area contributed by atoms with Crippen molar-refractivity contribution in [2.45, 2.75) is 88.8 Å². The Balaban J connectivity index is 1.32. The Bertz CT molecular complexity index is 330. The van der Waals surface area contributed by atoms with E-state index in [1.807, 2.05) is 0 Å². The predicted molar refractivity (Wildman–Crippen MR) is 84.0 cm³/mol. The molecule has 1 saturated carbocycles. The van der Waals surface area contributed by atoms with Gasteiger partial charge in [0, 0.05) is 6.54 Å². The molecule has 0 radical (unpaired) electrons. The van der Waals surface area contributed by atoms with E-state index >= 15 is 0 Å². The van der Waals surface area contributed by atoms with E-state index in [0.29, 0.717) is 6.10 Å². The molecule has 0 bridgehead atoms. The van der Waals surface area contributed by atoms with Crippen molar-refractivity contribution in [1.82, 2.24) is 5.32 Å². The Kier molecular flexibility index (Phi) is 5.17. The van der Waals surface area contributed by atoms with Gasteiger partial charge in [-0.25, -0.2) is 0 Å². The lowest BCUT2D eigenvalue weighted by atomic mass is 9.83. The summed E-state index contributed by atoms with van der Waals surface area (Å²) in [7, 11) is 0. The van der Waals surface area contributed by atoms with Crippen LogP contribution in [0.1, 0.15) is 77.0 Å². The van der Waals surface area contributed by atoms with Crippen molar-refractivity contribution < 1.29 is 4.74 Å². The average molecular weight is 277 g/mol. The van der Waals surface area contributed by atoms with Gasteiger partial charge in [0.15, 0.2) is 0 Å². The molecule has 2 aliphatic carbocycles. The minimum atomic E-state index is 0.288. The lowest BCUT2D eigenvalue weighted by Gasteiger charge is -2.33. The number of hydrogen-bond acceptors (Lipinski definition) is 2. The fraction of sp³-hybridized carbons (Fsp3) is 0.889. The van der Waals surface area contributed by atoms with Crippen molar-refractivity contribution in [1.29, 1.82) is 0 Å². The number of nitrogens with one attached hydrogen (secondary N) is 1. The van der Waals surface area contributed by atoms with Crippen LogP contribution in [0.25, 0.3) is 0 Å². The number of rotatable bonds is 5. The Hall–Kier alpha value is -0.340. The standard InChI is InChI=1S/C18H31NO/c1-3-7-16(8-4-1)10-14-19-15-17-9-13-18(20-17)11-5-2-6-12-18/h7,17,19H,1-6,8-15H2. The van der Waals surface area contributed by atoms with E-state index < -0.39 is 0 Å². The summed E-state index contributed by atoms with van der Waals surface area (Å²) in [6.07, 6.45) is 19.0. The molecule has 2 heteroatoms. The Labute approximate surface area is 124 Å². The normalized spacial score (nSPS) is 29.6. The molecular weight excluding hydrogens is 246 g/mol. The summed E-state index contributed by atoms with van der Waals surface area (Å²) in [5, 5.41) is 3.63. The van der Waals surface area contributed by atoms with Crippen molar-refractivity contribution in [3.63, 3.8) is 0 Å². The average Bonchev–Trinajstić information content (AvgIpc) is 2.88. The van der Waals surface area contributed by atoms with Crippen molar-refractivity contribution in [3.8, 4) is 0 Å². The lowest BCUT2D eigenvalue weighted by molar-refractivity contribution is -0.0622. The first kappa shape index (κ1) is 14.6. The summed E-state index contributed by atoms with van der Waals surface area (Å²) >= 11 is 0. The zero-order chi connectivity index (χ0) is 13.7. The highest BCUT2D eigenvalue weighted by Crippen LogP contribution is 2.41. The zero-order valence-corrected chi connectivity index (χ0v) is 13.0. The van der Waals surface area contributed by atoms with Gasteiger partial charge >= 0.3 is 0 Å². The van der Waals surface area contributed by atoms with Crippen molar-refractivity contribution >= 4 is 0 Å². The molecule has 114 valence electrons. The van der Waals surface area contributed by atoms with Gasteiger partial charge in [0.25, 0.3) is 0 Å². The number of ether oxygens (including phenoxy) is 1. The molecule has 1 N–H and O–H groups in total. The van der Waals surface area contributed by atoms with E-state index in [2.05, 4.69) is 11.4 Å². The Morgan fingerprint density at radius 2 is 2.00 bits per heavy atom. The van der Waals surface area contributed by atoms with Crippen LogP contribution in [0.3, 0.4) is 0 Å². The lowest BCUT2D eigenvalue weighted by Crippen LogP contribution is -2.34. The van der Waals surface area contributed by atoms with E-state index in [9.17, 15) is 0 Å². The third kappa shape index (κ3) is 3.85. The van der Waals surface area contributed by atoms with Crippen LogP contribution in [0.5, 0.6) is 0 Å². The first-order valence-corrected chi connectivity index (χ1v) is 8.93. The summed E-state index contributed by atoms with van der Waals surface area (Å²) in [6.45, 7) is 2.20. The first-order valence-electron chi connectivity index (χ1n) is 8.93. The third-order valence-corrected chi connectivity index (χ3v) is 5.48. The highest BCUT2D eigenvalue weighted by molar-refractivity contribution is 5.05. The number of hydrogen-bond donors (Lipinski definition) is 1. The van der Waals surface area contributed by atoms with Crippen LogP contribution in [-0.2, 0) is 4.74 Å². The van der Waals surface area contributed by atoms with E-state index in [0.717, 1.165) is 13.1 Å². The Morgan fingerprint density at radius 1 is 1.10 bits per heavy atom. The summed E-state index contributed by atoms with van der Waals surface area (Å²) in [5.41, 5.74) is 1.97. The predicted octanol–water partition coefficient (Wildman–Crippen LogP) is 4.35. The van der Waals surface area contributed by atoms with E-state index in [1.54, 1.807) is 5.57 Å². The fourth-order valence-corrected chi connectivity index (χ4v) is 4.25.